The Kier molecular flexibility index (Phi) is 10.1. The molecule has 2 amide bonds. The Balaban J connectivity index is 0.00000118. The molecule has 0 radical (unpaired) electrons. The van der Waals surface area contributed by atoms with Crippen molar-refractivity contribution in [2.45, 2.75) is 58.2 Å². The van der Waals surface area contributed by atoms with E-state index in [0.717, 1.165) is 13.0 Å². The van der Waals surface area contributed by atoms with E-state index in [4.69, 9.17) is 20.4 Å². The summed E-state index contributed by atoms with van der Waals surface area (Å²) in [5.74, 6) is -4.92. The maximum Gasteiger partial charge on any atom is 0.300 e. The van der Waals surface area contributed by atoms with Gasteiger partial charge in [0.25, 0.3) is 5.97 Å². The van der Waals surface area contributed by atoms with E-state index in [9.17, 15) is 22.8 Å². The number of carboxylic acid groups (broad SMARTS) is 1. The van der Waals surface area contributed by atoms with Crippen LogP contribution in [0.15, 0.2) is 12.1 Å². The first kappa shape index (κ1) is 27.4. The number of nitrogens with one attached hydrogen (secondary N) is 1. The van der Waals surface area contributed by atoms with Crippen LogP contribution >= 0.6 is 0 Å². The molecule has 2 unspecified atom stereocenters. The molecule has 32 heavy (non-hydrogen) atoms. The van der Waals surface area contributed by atoms with Gasteiger partial charge < -0.3 is 25.8 Å². The van der Waals surface area contributed by atoms with Gasteiger partial charge in [-0.3, -0.25) is 14.4 Å². The zero-order valence-electron chi connectivity index (χ0n) is 18.6. The molecular formula is C21H30F3N3O5. The highest BCUT2D eigenvalue weighted by Crippen LogP contribution is 2.17. The molecule has 4 N–H and O–H groups in total. The van der Waals surface area contributed by atoms with Crippen LogP contribution in [0.5, 0.6) is 0 Å². The Morgan fingerprint density at radius 3 is 2.38 bits per heavy atom. The van der Waals surface area contributed by atoms with Gasteiger partial charge in [-0.1, -0.05) is 0 Å². The van der Waals surface area contributed by atoms with Gasteiger partial charge in [-0.05, 0) is 38.8 Å². The third kappa shape index (κ3) is 9.23. The predicted molar refractivity (Wildman–Crippen MR) is 110 cm³/mol. The van der Waals surface area contributed by atoms with E-state index in [1.165, 1.54) is 4.90 Å². The molecule has 0 spiro atoms. The topological polar surface area (TPSA) is 122 Å². The third-order valence-electron chi connectivity index (χ3n) is 4.33. The van der Waals surface area contributed by atoms with Crippen molar-refractivity contribution in [3.8, 4) is 0 Å². The Morgan fingerprint density at radius 2 is 1.81 bits per heavy atom. The summed E-state index contributed by atoms with van der Waals surface area (Å²) in [6.07, 6.45) is -0.310. The van der Waals surface area contributed by atoms with E-state index in [1.807, 2.05) is 20.8 Å². The van der Waals surface area contributed by atoms with Crippen LogP contribution in [-0.2, 0) is 25.5 Å². The van der Waals surface area contributed by atoms with Gasteiger partial charge in [0.15, 0.2) is 11.6 Å². The second-order valence-corrected chi connectivity index (χ2v) is 8.36. The normalized spacial score (nSPS) is 17.2. The van der Waals surface area contributed by atoms with E-state index in [-0.39, 0.29) is 36.8 Å². The smallest absolute Gasteiger partial charge is 0.300 e. The van der Waals surface area contributed by atoms with Crippen LogP contribution in [0.3, 0.4) is 0 Å². The van der Waals surface area contributed by atoms with Gasteiger partial charge in [0.2, 0.25) is 11.8 Å². The molecule has 180 valence electrons. The molecule has 1 aliphatic rings. The van der Waals surface area contributed by atoms with Crippen LogP contribution < -0.4 is 11.1 Å². The minimum atomic E-state index is -1.29. The van der Waals surface area contributed by atoms with Crippen molar-refractivity contribution in [2.75, 3.05) is 19.7 Å². The third-order valence-corrected chi connectivity index (χ3v) is 4.33. The summed E-state index contributed by atoms with van der Waals surface area (Å²) in [6, 6.07) is -0.411. The molecule has 1 aromatic rings. The van der Waals surface area contributed by atoms with Crippen molar-refractivity contribution in [3.63, 3.8) is 0 Å². The van der Waals surface area contributed by atoms with Gasteiger partial charge in [0.1, 0.15) is 11.9 Å². The SMILES string of the molecule is CC(=O)O.CC(C)(C)OCC1C(=O)NCCN1C(=O)CC(N)Cc1cc(F)c(F)cc1F. The summed E-state index contributed by atoms with van der Waals surface area (Å²) in [5, 5.41) is 10.1. The summed E-state index contributed by atoms with van der Waals surface area (Å²) >= 11 is 0. The molecule has 0 saturated carbocycles. The molecule has 1 heterocycles. The quantitative estimate of drug-likeness (QED) is 0.553. The molecule has 2 atom stereocenters. The van der Waals surface area contributed by atoms with Gasteiger partial charge >= 0.3 is 0 Å². The lowest BCUT2D eigenvalue weighted by atomic mass is 10.0. The molecule has 1 saturated heterocycles. The number of nitrogens with two attached hydrogens (primary N) is 1. The van der Waals surface area contributed by atoms with Crippen molar-refractivity contribution in [1.82, 2.24) is 10.2 Å². The van der Waals surface area contributed by atoms with Crippen LogP contribution in [0.1, 0.15) is 39.7 Å². The number of halogens is 3. The summed E-state index contributed by atoms with van der Waals surface area (Å²) < 4.78 is 45.8. The monoisotopic (exact) mass is 461 g/mol. The van der Waals surface area contributed by atoms with E-state index < -0.39 is 41.1 Å². The number of benzene rings is 1. The number of carbonyl (C=O) groups is 3. The summed E-state index contributed by atoms with van der Waals surface area (Å²) in [6.45, 7) is 7.25. The Hall–Kier alpha value is -2.66. The molecule has 0 bridgehead atoms. The highest BCUT2D eigenvalue weighted by molar-refractivity contribution is 5.89. The molecule has 11 heteroatoms. The van der Waals surface area contributed by atoms with Crippen LogP contribution in [0, 0.1) is 17.5 Å². The highest BCUT2D eigenvalue weighted by atomic mass is 19.2. The molecule has 0 aromatic heterocycles. The lowest BCUT2D eigenvalue weighted by Crippen LogP contribution is -2.60. The van der Waals surface area contributed by atoms with Gasteiger partial charge in [0, 0.05) is 38.5 Å². The summed E-state index contributed by atoms with van der Waals surface area (Å²) in [4.78, 5) is 35.2. The van der Waals surface area contributed by atoms with Crippen LogP contribution in [0.25, 0.3) is 0 Å². The number of carbonyl (C=O) groups excluding carboxylic acids is 2. The fourth-order valence-electron chi connectivity index (χ4n) is 2.92. The number of rotatable bonds is 6. The predicted octanol–water partition coefficient (Wildman–Crippen LogP) is 1.60. The highest BCUT2D eigenvalue weighted by Gasteiger charge is 2.34. The van der Waals surface area contributed by atoms with Crippen molar-refractivity contribution in [3.05, 3.63) is 35.1 Å². The zero-order chi connectivity index (χ0) is 24.6. The molecule has 1 fully saturated rings. The summed E-state index contributed by atoms with van der Waals surface area (Å²) in [5.41, 5.74) is 5.34. The first-order valence-corrected chi connectivity index (χ1v) is 10.0. The molecule has 0 aliphatic carbocycles. The van der Waals surface area contributed by atoms with E-state index in [1.54, 1.807) is 0 Å². The number of carboxylic acids is 1. The molecule has 2 rings (SSSR count). The lowest BCUT2D eigenvalue weighted by Gasteiger charge is -2.36. The number of amides is 2. The number of aliphatic carboxylic acids is 1. The number of ether oxygens (including phenoxy) is 1. The Morgan fingerprint density at radius 1 is 1.25 bits per heavy atom. The number of nitrogens with zero attached hydrogens (tertiary/aromatic N) is 1. The van der Waals surface area contributed by atoms with Crippen molar-refractivity contribution in [1.29, 1.82) is 0 Å². The van der Waals surface area contributed by atoms with Gasteiger partial charge in [-0.2, -0.15) is 0 Å². The van der Waals surface area contributed by atoms with Gasteiger partial charge in [-0.15, -0.1) is 0 Å². The molecule has 1 aromatic carbocycles. The Bertz CT molecular complexity index is 826. The largest absolute Gasteiger partial charge is 0.481 e. The fourth-order valence-corrected chi connectivity index (χ4v) is 2.92. The van der Waals surface area contributed by atoms with E-state index >= 15 is 0 Å². The second-order valence-electron chi connectivity index (χ2n) is 8.36. The van der Waals surface area contributed by atoms with Gasteiger partial charge in [0.05, 0.1) is 12.2 Å². The van der Waals surface area contributed by atoms with E-state index in [0.29, 0.717) is 19.2 Å². The minimum Gasteiger partial charge on any atom is -0.481 e. The van der Waals surface area contributed by atoms with Gasteiger partial charge in [-0.25, -0.2) is 13.2 Å². The molecule has 8 nitrogen and oxygen atoms in total. The summed E-state index contributed by atoms with van der Waals surface area (Å²) in [7, 11) is 0. The fraction of sp³-hybridized carbons (Fsp3) is 0.571. The number of hydrogen-bond donors (Lipinski definition) is 3. The lowest BCUT2D eigenvalue weighted by molar-refractivity contribution is -0.148. The van der Waals surface area contributed by atoms with Crippen molar-refractivity contribution >= 4 is 17.8 Å². The first-order chi connectivity index (χ1) is 14.7. The van der Waals surface area contributed by atoms with Crippen LogP contribution in [0.2, 0.25) is 0 Å². The number of hydrogen-bond acceptors (Lipinski definition) is 5. The number of piperazine rings is 1. The van der Waals surface area contributed by atoms with E-state index in [2.05, 4.69) is 5.32 Å². The van der Waals surface area contributed by atoms with Crippen molar-refractivity contribution in [2.24, 2.45) is 5.73 Å². The van der Waals surface area contributed by atoms with Crippen LogP contribution in [0.4, 0.5) is 13.2 Å². The minimum absolute atomic E-state index is 0.0358. The average molecular weight is 461 g/mol. The maximum atomic E-state index is 13.8. The average Bonchev–Trinajstić information content (AvgIpc) is 2.63. The maximum absolute atomic E-state index is 13.8. The second kappa shape index (κ2) is 11.8. The van der Waals surface area contributed by atoms with Crippen LogP contribution in [-0.4, -0.2) is 65.2 Å². The molecule has 1 aliphatic heterocycles. The molecular weight excluding hydrogens is 431 g/mol. The zero-order valence-corrected chi connectivity index (χ0v) is 18.6. The first-order valence-electron chi connectivity index (χ1n) is 10.0. The van der Waals surface area contributed by atoms with Crippen molar-refractivity contribution < 1.29 is 37.4 Å². The Labute approximate surface area is 184 Å². The standard InChI is InChI=1S/C19H26F3N3O3.C2H4O2/c1-19(2,3)28-10-16-18(27)24-4-5-25(16)17(26)8-12(23)6-11-7-14(21)15(22)9-13(11)20;1-2(3)4/h7,9,12,16H,4-6,8,10,23H2,1-3H3,(H,24,27);1H3,(H,3,4).